The van der Waals surface area contributed by atoms with Crippen molar-refractivity contribution in [2.75, 3.05) is 13.7 Å². The third kappa shape index (κ3) is 2.79. The number of nitrogens with zero attached hydrogens (tertiary/aromatic N) is 3. The van der Waals surface area contributed by atoms with Gasteiger partial charge in [-0.15, -0.1) is 5.10 Å². The Morgan fingerprint density at radius 3 is 2.89 bits per heavy atom. The monoisotopic (exact) mass is 260 g/mol. The van der Waals surface area contributed by atoms with E-state index in [1.807, 2.05) is 13.0 Å². The number of rotatable bonds is 5. The summed E-state index contributed by atoms with van der Waals surface area (Å²) in [4.78, 5) is 12.3. The molecule has 2 rings (SSSR count). The van der Waals surface area contributed by atoms with Gasteiger partial charge in [0.2, 0.25) is 5.78 Å². The normalized spacial score (nSPS) is 10.5. The molecular weight excluding hydrogens is 244 g/mol. The van der Waals surface area contributed by atoms with Crippen LogP contribution in [0.2, 0.25) is 0 Å². The number of carbonyl (C=O) groups excluding carboxylic acids is 1. The van der Waals surface area contributed by atoms with Crippen LogP contribution in [0.25, 0.3) is 0 Å². The second-order valence-corrected chi connectivity index (χ2v) is 4.17. The maximum absolute atomic E-state index is 12.3. The summed E-state index contributed by atoms with van der Waals surface area (Å²) in [6.45, 7) is 2.86. The van der Waals surface area contributed by atoms with E-state index >= 15 is 0 Å². The van der Waals surface area contributed by atoms with Gasteiger partial charge in [0.25, 0.3) is 0 Å². The topological polar surface area (TPSA) is 83.0 Å². The van der Waals surface area contributed by atoms with Crippen LogP contribution in [0.3, 0.4) is 0 Å². The van der Waals surface area contributed by atoms with Gasteiger partial charge >= 0.3 is 0 Å². The van der Waals surface area contributed by atoms with Crippen molar-refractivity contribution in [1.82, 2.24) is 15.0 Å². The molecule has 1 aromatic carbocycles. The van der Waals surface area contributed by atoms with E-state index in [0.717, 1.165) is 11.3 Å². The van der Waals surface area contributed by atoms with Crippen LogP contribution in [0, 0.1) is 6.92 Å². The maximum atomic E-state index is 12.3. The van der Waals surface area contributed by atoms with E-state index in [0.29, 0.717) is 24.3 Å². The maximum Gasteiger partial charge on any atom is 0.215 e. The molecule has 0 saturated carbocycles. The van der Waals surface area contributed by atoms with Gasteiger partial charge < -0.3 is 10.5 Å². The lowest BCUT2D eigenvalue weighted by Crippen LogP contribution is -2.10. The van der Waals surface area contributed by atoms with E-state index in [9.17, 15) is 4.79 Å². The van der Waals surface area contributed by atoms with Crippen molar-refractivity contribution in [3.05, 3.63) is 41.2 Å². The van der Waals surface area contributed by atoms with Gasteiger partial charge in [-0.05, 0) is 30.7 Å². The Bertz CT molecular complexity index is 592. The summed E-state index contributed by atoms with van der Waals surface area (Å²) in [6, 6.07) is 5.31. The predicted molar refractivity (Wildman–Crippen MR) is 70.2 cm³/mol. The summed E-state index contributed by atoms with van der Waals surface area (Å²) < 4.78 is 6.68. The summed E-state index contributed by atoms with van der Waals surface area (Å²) in [6.07, 6.45) is 1.61. The average Bonchev–Trinajstić information content (AvgIpc) is 2.87. The summed E-state index contributed by atoms with van der Waals surface area (Å²) in [5.74, 6) is 0.573. The fourth-order valence-corrected chi connectivity index (χ4v) is 1.80. The molecule has 0 aliphatic heterocycles. The van der Waals surface area contributed by atoms with Crippen LogP contribution >= 0.6 is 0 Å². The van der Waals surface area contributed by atoms with E-state index in [1.54, 1.807) is 30.1 Å². The highest BCUT2D eigenvalue weighted by molar-refractivity contribution is 6.08. The minimum Gasteiger partial charge on any atom is -0.497 e. The highest BCUT2D eigenvalue weighted by Crippen LogP contribution is 2.19. The van der Waals surface area contributed by atoms with Crippen molar-refractivity contribution in [3.8, 4) is 5.75 Å². The first-order valence-corrected chi connectivity index (χ1v) is 5.95. The zero-order chi connectivity index (χ0) is 13.8. The Kier molecular flexibility index (Phi) is 3.91. The SMILES string of the molecule is COc1ccc(C(=O)c2cn(CCN)nn2)c(C)c1. The predicted octanol–water partition coefficient (Wildman–Crippen LogP) is 0.785. The zero-order valence-corrected chi connectivity index (χ0v) is 11.0. The summed E-state index contributed by atoms with van der Waals surface area (Å²) in [5.41, 5.74) is 7.19. The Morgan fingerprint density at radius 1 is 1.47 bits per heavy atom. The largest absolute Gasteiger partial charge is 0.497 e. The van der Waals surface area contributed by atoms with E-state index in [2.05, 4.69) is 10.3 Å². The number of aryl methyl sites for hydroxylation is 1. The smallest absolute Gasteiger partial charge is 0.215 e. The van der Waals surface area contributed by atoms with Gasteiger partial charge in [-0.1, -0.05) is 5.21 Å². The van der Waals surface area contributed by atoms with E-state index in [4.69, 9.17) is 10.5 Å². The van der Waals surface area contributed by atoms with Crippen molar-refractivity contribution >= 4 is 5.78 Å². The van der Waals surface area contributed by atoms with Crippen molar-refractivity contribution in [3.63, 3.8) is 0 Å². The van der Waals surface area contributed by atoms with Crippen LogP contribution in [0.15, 0.2) is 24.4 Å². The second kappa shape index (κ2) is 5.62. The number of nitrogens with two attached hydrogens (primary N) is 1. The van der Waals surface area contributed by atoms with E-state index in [1.165, 1.54) is 0 Å². The number of carbonyl (C=O) groups is 1. The molecule has 1 heterocycles. The van der Waals surface area contributed by atoms with Crippen molar-refractivity contribution in [2.24, 2.45) is 5.73 Å². The molecule has 0 bridgehead atoms. The quantitative estimate of drug-likeness (QED) is 0.803. The zero-order valence-electron chi connectivity index (χ0n) is 11.0. The molecule has 0 radical (unpaired) electrons. The molecule has 1 aromatic heterocycles. The number of ether oxygens (including phenoxy) is 1. The van der Waals surface area contributed by atoms with Crippen LogP contribution in [0.5, 0.6) is 5.75 Å². The minimum absolute atomic E-state index is 0.150. The molecule has 0 spiro atoms. The Balaban J connectivity index is 2.27. The third-order valence-corrected chi connectivity index (χ3v) is 2.81. The van der Waals surface area contributed by atoms with Crippen molar-refractivity contribution in [1.29, 1.82) is 0 Å². The summed E-state index contributed by atoms with van der Waals surface area (Å²) >= 11 is 0. The lowest BCUT2D eigenvalue weighted by Gasteiger charge is -2.05. The molecular formula is C13H16N4O2. The Hall–Kier alpha value is -2.21. The molecule has 2 aromatic rings. The van der Waals surface area contributed by atoms with Crippen LogP contribution in [0.1, 0.15) is 21.6 Å². The number of aromatic nitrogens is 3. The highest BCUT2D eigenvalue weighted by Gasteiger charge is 2.15. The Labute approximate surface area is 111 Å². The molecule has 0 amide bonds. The molecule has 100 valence electrons. The number of hydrogen-bond acceptors (Lipinski definition) is 5. The molecule has 0 saturated heterocycles. The number of methoxy groups -OCH3 is 1. The molecule has 0 fully saturated rings. The first-order chi connectivity index (χ1) is 9.15. The van der Waals surface area contributed by atoms with Crippen LogP contribution < -0.4 is 10.5 Å². The molecule has 6 nitrogen and oxygen atoms in total. The molecule has 0 aliphatic rings. The molecule has 2 N–H and O–H groups in total. The standard InChI is InChI=1S/C13H16N4O2/c1-9-7-10(19-2)3-4-11(9)13(18)12-8-17(6-5-14)16-15-12/h3-4,7-8H,5-6,14H2,1-2H3. The van der Waals surface area contributed by atoms with E-state index < -0.39 is 0 Å². The fraction of sp³-hybridized carbons (Fsp3) is 0.308. The van der Waals surface area contributed by atoms with Crippen molar-refractivity contribution < 1.29 is 9.53 Å². The van der Waals surface area contributed by atoms with Crippen LogP contribution in [-0.4, -0.2) is 34.4 Å². The number of ketones is 1. The Morgan fingerprint density at radius 2 is 2.26 bits per heavy atom. The molecule has 19 heavy (non-hydrogen) atoms. The fourth-order valence-electron chi connectivity index (χ4n) is 1.80. The van der Waals surface area contributed by atoms with Gasteiger partial charge in [-0.2, -0.15) is 0 Å². The molecule has 0 atom stereocenters. The van der Waals surface area contributed by atoms with Gasteiger partial charge in [0.1, 0.15) is 5.75 Å². The van der Waals surface area contributed by atoms with Gasteiger partial charge in [-0.3, -0.25) is 9.48 Å². The van der Waals surface area contributed by atoms with Gasteiger partial charge in [0.05, 0.1) is 19.9 Å². The molecule has 0 unspecified atom stereocenters. The average molecular weight is 260 g/mol. The summed E-state index contributed by atoms with van der Waals surface area (Å²) in [7, 11) is 1.59. The number of hydrogen-bond donors (Lipinski definition) is 1. The van der Waals surface area contributed by atoms with Gasteiger partial charge in [0, 0.05) is 12.1 Å². The minimum atomic E-state index is -0.150. The first-order valence-electron chi connectivity index (χ1n) is 5.95. The van der Waals surface area contributed by atoms with Gasteiger partial charge in [0.15, 0.2) is 5.69 Å². The highest BCUT2D eigenvalue weighted by atomic mass is 16.5. The van der Waals surface area contributed by atoms with Crippen LogP contribution in [0.4, 0.5) is 0 Å². The first kappa shape index (κ1) is 13.2. The lowest BCUT2D eigenvalue weighted by molar-refractivity contribution is 0.103. The third-order valence-electron chi connectivity index (χ3n) is 2.81. The molecule has 0 aliphatic carbocycles. The molecule has 6 heteroatoms. The van der Waals surface area contributed by atoms with Gasteiger partial charge in [-0.25, -0.2) is 0 Å². The van der Waals surface area contributed by atoms with Crippen LogP contribution in [-0.2, 0) is 6.54 Å². The second-order valence-electron chi connectivity index (χ2n) is 4.17. The number of benzene rings is 1. The van der Waals surface area contributed by atoms with Crippen molar-refractivity contribution in [2.45, 2.75) is 13.5 Å². The van der Waals surface area contributed by atoms with E-state index in [-0.39, 0.29) is 5.78 Å². The lowest BCUT2D eigenvalue weighted by atomic mass is 10.0. The summed E-state index contributed by atoms with van der Waals surface area (Å²) in [5, 5.41) is 7.73.